The molecule has 1 aliphatic rings. The van der Waals surface area contributed by atoms with E-state index in [1.807, 2.05) is 26.0 Å². The number of aliphatic carboxylic acids is 1. The van der Waals surface area contributed by atoms with Crippen molar-refractivity contribution in [1.29, 1.82) is 0 Å². The van der Waals surface area contributed by atoms with E-state index in [4.69, 9.17) is 5.11 Å². The number of hydrogen-bond donors (Lipinski definition) is 1. The van der Waals surface area contributed by atoms with Gasteiger partial charge in [0, 0.05) is 0 Å². The van der Waals surface area contributed by atoms with E-state index in [0.29, 0.717) is 0 Å². The van der Waals surface area contributed by atoms with Crippen molar-refractivity contribution in [3.63, 3.8) is 0 Å². The van der Waals surface area contributed by atoms with Gasteiger partial charge in [-0.3, -0.25) is 0 Å². The van der Waals surface area contributed by atoms with Crippen LogP contribution >= 0.6 is 0 Å². The second-order valence-corrected chi connectivity index (χ2v) is 2.82. The van der Waals surface area contributed by atoms with Gasteiger partial charge in [-0.2, -0.15) is 0 Å². The zero-order chi connectivity index (χ0) is 9.56. The average Bonchev–Trinajstić information content (AvgIpc) is 2.34. The van der Waals surface area contributed by atoms with Crippen LogP contribution in [0.2, 0.25) is 0 Å². The number of nitrogens with zero attached hydrogens (tertiary/aromatic N) is 1. The monoisotopic (exact) mass is 177 g/mol. The Balaban J connectivity index is 0.000000261. The number of rotatable bonds is 1. The molecule has 0 aliphatic carbocycles. The van der Waals surface area contributed by atoms with Gasteiger partial charge in [0.05, 0.1) is 6.61 Å². The predicted molar refractivity (Wildman–Crippen MR) is 42.9 cm³/mol. The summed E-state index contributed by atoms with van der Waals surface area (Å²) in [6.45, 7) is 0.284. The number of carboxylic acid groups (broad SMARTS) is 1. The van der Waals surface area contributed by atoms with Crippen LogP contribution in [-0.4, -0.2) is 56.6 Å². The van der Waals surface area contributed by atoms with Crippen LogP contribution in [0.1, 0.15) is 0 Å². The smallest absolute Gasteiger partial charge is 0.335 e. The van der Waals surface area contributed by atoms with Gasteiger partial charge in [-0.25, -0.2) is 4.79 Å². The van der Waals surface area contributed by atoms with Gasteiger partial charge in [-0.05, 0) is 21.1 Å². The van der Waals surface area contributed by atoms with Crippen molar-refractivity contribution < 1.29 is 19.4 Å². The van der Waals surface area contributed by atoms with Gasteiger partial charge >= 0.3 is 5.97 Å². The van der Waals surface area contributed by atoms with Crippen molar-refractivity contribution in [2.24, 2.45) is 0 Å². The molecule has 0 aromatic carbocycles. The molecule has 5 heteroatoms. The molecule has 72 valence electrons. The van der Waals surface area contributed by atoms with Gasteiger partial charge in [-0.1, -0.05) is 0 Å². The van der Waals surface area contributed by atoms with E-state index in [1.54, 1.807) is 0 Å². The van der Waals surface area contributed by atoms with E-state index in [1.165, 1.54) is 0 Å². The number of hydrogen-bond acceptors (Lipinski definition) is 4. The fourth-order valence-corrected chi connectivity index (χ4v) is 0.476. The van der Waals surface area contributed by atoms with Gasteiger partial charge < -0.3 is 19.5 Å². The highest BCUT2D eigenvalue weighted by atomic mass is 16.7. The Hall–Kier alpha value is -0.650. The SMILES string of the molecule is CN(C)C.O=C(O)C1COCO1. The molecule has 5 nitrogen and oxygen atoms in total. The average molecular weight is 177 g/mol. The lowest BCUT2D eigenvalue weighted by Crippen LogP contribution is -2.21. The summed E-state index contributed by atoms with van der Waals surface area (Å²) in [6, 6.07) is 0. The molecule has 1 rings (SSSR count). The lowest BCUT2D eigenvalue weighted by molar-refractivity contribution is -0.146. The van der Waals surface area contributed by atoms with Crippen LogP contribution in [0.25, 0.3) is 0 Å². The third-order valence-corrected chi connectivity index (χ3v) is 0.897. The quantitative estimate of drug-likeness (QED) is 0.591. The summed E-state index contributed by atoms with van der Waals surface area (Å²) < 4.78 is 9.21. The normalized spacial score (nSPS) is 21.8. The predicted octanol–water partition coefficient (Wildman–Crippen LogP) is -0.378. The lowest BCUT2D eigenvalue weighted by Gasteiger charge is -1.95. The molecule has 0 bridgehead atoms. The minimum Gasteiger partial charge on any atom is -0.479 e. The molecule has 0 amide bonds. The maximum Gasteiger partial charge on any atom is 0.335 e. The van der Waals surface area contributed by atoms with Crippen LogP contribution in [0.3, 0.4) is 0 Å². The second-order valence-electron chi connectivity index (χ2n) is 2.82. The van der Waals surface area contributed by atoms with Crippen molar-refractivity contribution in [2.75, 3.05) is 34.5 Å². The Labute approximate surface area is 71.9 Å². The van der Waals surface area contributed by atoms with Gasteiger partial charge in [0.1, 0.15) is 6.79 Å². The van der Waals surface area contributed by atoms with Gasteiger partial charge in [0.2, 0.25) is 0 Å². The van der Waals surface area contributed by atoms with Crippen molar-refractivity contribution in [3.8, 4) is 0 Å². The largest absolute Gasteiger partial charge is 0.479 e. The molecule has 12 heavy (non-hydrogen) atoms. The minimum absolute atomic E-state index is 0.108. The van der Waals surface area contributed by atoms with E-state index < -0.39 is 12.1 Å². The first-order valence-corrected chi connectivity index (χ1v) is 3.57. The van der Waals surface area contributed by atoms with Crippen molar-refractivity contribution in [1.82, 2.24) is 4.90 Å². The van der Waals surface area contributed by atoms with Crippen LogP contribution in [0.4, 0.5) is 0 Å². The number of carbonyl (C=O) groups is 1. The molecule has 0 spiro atoms. The zero-order valence-electron chi connectivity index (χ0n) is 7.61. The molecule has 1 saturated heterocycles. The molecule has 0 saturated carbocycles. The first-order chi connectivity index (χ1) is 5.54. The van der Waals surface area contributed by atoms with Crippen LogP contribution in [0.5, 0.6) is 0 Å². The van der Waals surface area contributed by atoms with Crippen molar-refractivity contribution in [3.05, 3.63) is 0 Å². The van der Waals surface area contributed by atoms with Crippen LogP contribution in [-0.2, 0) is 14.3 Å². The fraction of sp³-hybridized carbons (Fsp3) is 0.857. The standard InChI is InChI=1S/C4H6O4.C3H9N/c5-4(6)3-1-7-2-8-3;1-4(2)3/h3H,1-2H2,(H,5,6);1-3H3. The number of ether oxygens (including phenoxy) is 2. The highest BCUT2D eigenvalue weighted by Crippen LogP contribution is 2.01. The molecule has 1 unspecified atom stereocenters. The van der Waals surface area contributed by atoms with Gasteiger partial charge in [0.15, 0.2) is 6.10 Å². The summed E-state index contributed by atoms with van der Waals surface area (Å²) >= 11 is 0. The lowest BCUT2D eigenvalue weighted by atomic mass is 10.4. The van der Waals surface area contributed by atoms with Gasteiger partial charge in [0.25, 0.3) is 0 Å². The number of carboxylic acids is 1. The Kier molecular flexibility index (Phi) is 5.61. The molecule has 1 heterocycles. The summed E-state index contributed by atoms with van der Waals surface area (Å²) in [5.74, 6) is -0.956. The second kappa shape index (κ2) is 5.93. The third kappa shape index (κ3) is 6.09. The molecule has 1 atom stereocenters. The highest BCUT2D eigenvalue weighted by Gasteiger charge is 2.22. The Bertz CT molecular complexity index is 129. The maximum absolute atomic E-state index is 10.00. The Morgan fingerprint density at radius 3 is 2.17 bits per heavy atom. The maximum atomic E-state index is 10.00. The first-order valence-electron chi connectivity index (χ1n) is 3.57. The van der Waals surface area contributed by atoms with Crippen LogP contribution in [0.15, 0.2) is 0 Å². The molecule has 1 fully saturated rings. The Morgan fingerprint density at radius 1 is 1.50 bits per heavy atom. The highest BCUT2D eigenvalue weighted by molar-refractivity contribution is 5.72. The third-order valence-electron chi connectivity index (χ3n) is 0.897. The molecule has 1 aliphatic heterocycles. The molecule has 1 N–H and O–H groups in total. The van der Waals surface area contributed by atoms with E-state index >= 15 is 0 Å². The van der Waals surface area contributed by atoms with E-state index in [0.717, 1.165) is 0 Å². The fourth-order valence-electron chi connectivity index (χ4n) is 0.476. The molecular weight excluding hydrogens is 162 g/mol. The molecular formula is C7H15NO4. The topological polar surface area (TPSA) is 59.0 Å². The Morgan fingerprint density at radius 2 is 2.00 bits per heavy atom. The molecule has 0 aromatic rings. The van der Waals surface area contributed by atoms with Crippen molar-refractivity contribution in [2.45, 2.75) is 6.10 Å². The van der Waals surface area contributed by atoms with Crippen LogP contribution in [0, 0.1) is 0 Å². The summed E-state index contributed by atoms with van der Waals surface area (Å²) in [7, 11) is 6.00. The molecule has 0 aromatic heterocycles. The summed E-state index contributed by atoms with van der Waals surface area (Å²) in [4.78, 5) is 12.0. The van der Waals surface area contributed by atoms with E-state index in [2.05, 4.69) is 9.47 Å². The summed E-state index contributed by atoms with van der Waals surface area (Å²) in [6.07, 6.45) is -0.741. The minimum atomic E-state index is -0.956. The van der Waals surface area contributed by atoms with Crippen molar-refractivity contribution >= 4 is 5.97 Å². The summed E-state index contributed by atoms with van der Waals surface area (Å²) in [5.41, 5.74) is 0. The van der Waals surface area contributed by atoms with E-state index in [-0.39, 0.29) is 13.4 Å². The zero-order valence-corrected chi connectivity index (χ0v) is 7.61. The molecule has 0 radical (unpaired) electrons. The summed E-state index contributed by atoms with van der Waals surface area (Å²) in [5, 5.41) is 8.21. The van der Waals surface area contributed by atoms with Gasteiger partial charge in [-0.15, -0.1) is 0 Å². The van der Waals surface area contributed by atoms with Crippen LogP contribution < -0.4 is 0 Å². The van der Waals surface area contributed by atoms with E-state index in [9.17, 15) is 4.79 Å². The first kappa shape index (κ1) is 11.4.